The Kier molecular flexibility index (Phi) is 3.81. The molecule has 0 saturated heterocycles. The maximum Gasteiger partial charge on any atom is 0.162 e. The second-order valence-electron chi connectivity index (χ2n) is 3.68. The molecule has 0 aliphatic carbocycles. The number of nitrogen functional groups attached to an aromatic ring is 1. The van der Waals surface area contributed by atoms with Crippen molar-refractivity contribution in [2.45, 2.75) is 6.61 Å². The maximum atomic E-state index is 13.0. The van der Waals surface area contributed by atoms with Crippen molar-refractivity contribution in [2.24, 2.45) is 0 Å². The molecule has 0 atom stereocenters. The third kappa shape index (κ3) is 2.79. The van der Waals surface area contributed by atoms with Crippen LogP contribution in [-0.2, 0) is 6.61 Å². The predicted molar refractivity (Wildman–Crippen MR) is 69.2 cm³/mol. The SMILES string of the molecule is Nc1cccc(COc2ccc(F)c(F)c2)c1Br. The van der Waals surface area contributed by atoms with Gasteiger partial charge in [-0.15, -0.1) is 0 Å². The summed E-state index contributed by atoms with van der Waals surface area (Å²) >= 11 is 3.34. The molecule has 2 nitrogen and oxygen atoms in total. The number of benzene rings is 2. The Labute approximate surface area is 112 Å². The van der Waals surface area contributed by atoms with Gasteiger partial charge in [0.15, 0.2) is 11.6 Å². The van der Waals surface area contributed by atoms with Gasteiger partial charge in [-0.25, -0.2) is 8.78 Å². The molecule has 0 aromatic heterocycles. The lowest BCUT2D eigenvalue weighted by Crippen LogP contribution is -1.99. The van der Waals surface area contributed by atoms with Gasteiger partial charge in [-0.05, 0) is 34.1 Å². The van der Waals surface area contributed by atoms with Crippen LogP contribution in [0.2, 0.25) is 0 Å². The number of hydrogen-bond donors (Lipinski definition) is 1. The van der Waals surface area contributed by atoms with Gasteiger partial charge in [-0.3, -0.25) is 0 Å². The molecule has 0 radical (unpaired) electrons. The van der Waals surface area contributed by atoms with Gasteiger partial charge >= 0.3 is 0 Å². The molecule has 0 amide bonds. The molecule has 0 aliphatic rings. The number of halogens is 3. The molecular weight excluding hydrogens is 304 g/mol. The van der Waals surface area contributed by atoms with E-state index in [1.54, 1.807) is 12.1 Å². The highest BCUT2D eigenvalue weighted by Gasteiger charge is 2.06. The second kappa shape index (κ2) is 5.35. The summed E-state index contributed by atoms with van der Waals surface area (Å²) in [6, 6.07) is 8.79. The molecule has 0 fully saturated rings. The van der Waals surface area contributed by atoms with Crippen LogP contribution in [0.4, 0.5) is 14.5 Å². The van der Waals surface area contributed by atoms with Crippen molar-refractivity contribution in [3.8, 4) is 5.75 Å². The van der Waals surface area contributed by atoms with E-state index < -0.39 is 11.6 Å². The van der Waals surface area contributed by atoms with Crippen molar-refractivity contribution in [1.29, 1.82) is 0 Å². The summed E-state index contributed by atoms with van der Waals surface area (Å²) in [5.74, 6) is -1.56. The first-order chi connectivity index (χ1) is 8.58. The van der Waals surface area contributed by atoms with Crippen molar-refractivity contribution in [1.82, 2.24) is 0 Å². The van der Waals surface area contributed by atoms with E-state index in [0.29, 0.717) is 5.69 Å². The van der Waals surface area contributed by atoms with Gasteiger partial charge in [0.2, 0.25) is 0 Å². The monoisotopic (exact) mass is 313 g/mol. The number of ether oxygens (including phenoxy) is 1. The molecule has 0 heterocycles. The van der Waals surface area contributed by atoms with Gasteiger partial charge in [-0.1, -0.05) is 12.1 Å². The Hall–Kier alpha value is -1.62. The summed E-state index contributed by atoms with van der Waals surface area (Å²) in [6.07, 6.45) is 0. The van der Waals surface area contributed by atoms with Crippen LogP contribution >= 0.6 is 15.9 Å². The van der Waals surface area contributed by atoms with Crippen LogP contribution in [0, 0.1) is 11.6 Å². The van der Waals surface area contributed by atoms with E-state index in [1.807, 2.05) is 6.07 Å². The van der Waals surface area contributed by atoms with Crippen LogP contribution in [0.5, 0.6) is 5.75 Å². The molecular formula is C13H10BrF2NO. The second-order valence-corrected chi connectivity index (χ2v) is 4.48. The molecule has 2 rings (SSSR count). The van der Waals surface area contributed by atoms with Crippen LogP contribution in [-0.4, -0.2) is 0 Å². The summed E-state index contributed by atoms with van der Waals surface area (Å²) < 4.78 is 31.8. The molecule has 2 aromatic rings. The van der Waals surface area contributed by atoms with Crippen LogP contribution in [0.15, 0.2) is 40.9 Å². The Morgan fingerprint density at radius 1 is 1.11 bits per heavy atom. The van der Waals surface area contributed by atoms with Crippen molar-refractivity contribution >= 4 is 21.6 Å². The summed E-state index contributed by atoms with van der Waals surface area (Å²) in [6.45, 7) is 0.219. The molecule has 2 aromatic carbocycles. The molecule has 0 spiro atoms. The zero-order valence-electron chi connectivity index (χ0n) is 9.29. The lowest BCUT2D eigenvalue weighted by molar-refractivity contribution is 0.302. The van der Waals surface area contributed by atoms with Gasteiger partial charge in [-0.2, -0.15) is 0 Å². The lowest BCUT2D eigenvalue weighted by atomic mass is 10.2. The average Bonchev–Trinajstić information content (AvgIpc) is 2.35. The molecule has 18 heavy (non-hydrogen) atoms. The van der Waals surface area contributed by atoms with E-state index in [4.69, 9.17) is 10.5 Å². The third-order valence-corrected chi connectivity index (χ3v) is 3.36. The van der Waals surface area contributed by atoms with E-state index in [0.717, 1.165) is 22.2 Å². The van der Waals surface area contributed by atoms with Crippen molar-refractivity contribution in [3.63, 3.8) is 0 Å². The minimum atomic E-state index is -0.931. The smallest absolute Gasteiger partial charge is 0.162 e. The van der Waals surface area contributed by atoms with E-state index >= 15 is 0 Å². The highest BCUT2D eigenvalue weighted by Crippen LogP contribution is 2.25. The van der Waals surface area contributed by atoms with Crippen LogP contribution in [0.3, 0.4) is 0 Å². The molecule has 0 unspecified atom stereocenters. The zero-order chi connectivity index (χ0) is 13.1. The van der Waals surface area contributed by atoms with Crippen LogP contribution in [0.25, 0.3) is 0 Å². The molecule has 94 valence electrons. The lowest BCUT2D eigenvalue weighted by Gasteiger charge is -2.09. The quantitative estimate of drug-likeness (QED) is 0.873. The number of nitrogens with two attached hydrogens (primary N) is 1. The Morgan fingerprint density at radius 2 is 1.89 bits per heavy atom. The van der Waals surface area contributed by atoms with E-state index in [-0.39, 0.29) is 12.4 Å². The first-order valence-electron chi connectivity index (χ1n) is 5.18. The first kappa shape index (κ1) is 12.8. The van der Waals surface area contributed by atoms with Gasteiger partial charge in [0.25, 0.3) is 0 Å². The van der Waals surface area contributed by atoms with E-state index in [9.17, 15) is 8.78 Å². The fourth-order valence-electron chi connectivity index (χ4n) is 1.44. The summed E-state index contributed by atoms with van der Waals surface area (Å²) in [5.41, 5.74) is 7.15. The number of hydrogen-bond acceptors (Lipinski definition) is 2. The number of anilines is 1. The highest BCUT2D eigenvalue weighted by molar-refractivity contribution is 9.10. The van der Waals surface area contributed by atoms with Crippen molar-refractivity contribution in [2.75, 3.05) is 5.73 Å². The third-order valence-electron chi connectivity index (χ3n) is 2.39. The maximum absolute atomic E-state index is 13.0. The molecule has 0 aliphatic heterocycles. The molecule has 0 bridgehead atoms. The normalized spacial score (nSPS) is 10.4. The van der Waals surface area contributed by atoms with Gasteiger partial charge < -0.3 is 10.5 Å². The summed E-state index contributed by atoms with van der Waals surface area (Å²) in [7, 11) is 0. The fourth-order valence-corrected chi connectivity index (χ4v) is 1.82. The minimum Gasteiger partial charge on any atom is -0.489 e. The Bertz CT molecular complexity index is 575. The average molecular weight is 314 g/mol. The van der Waals surface area contributed by atoms with Crippen molar-refractivity contribution in [3.05, 3.63) is 58.1 Å². The topological polar surface area (TPSA) is 35.2 Å². The predicted octanol–water partition coefficient (Wildman–Crippen LogP) is 3.89. The van der Waals surface area contributed by atoms with E-state index in [1.165, 1.54) is 6.07 Å². The van der Waals surface area contributed by atoms with Crippen molar-refractivity contribution < 1.29 is 13.5 Å². The number of rotatable bonds is 3. The molecule has 5 heteroatoms. The standard InChI is InChI=1S/C13H10BrF2NO/c14-13-8(2-1-3-12(13)17)7-18-9-4-5-10(15)11(16)6-9/h1-6H,7,17H2. The zero-order valence-corrected chi connectivity index (χ0v) is 10.9. The van der Waals surface area contributed by atoms with Crippen LogP contribution in [0.1, 0.15) is 5.56 Å². The summed E-state index contributed by atoms with van der Waals surface area (Å²) in [5, 5.41) is 0. The summed E-state index contributed by atoms with van der Waals surface area (Å²) in [4.78, 5) is 0. The highest BCUT2D eigenvalue weighted by atomic mass is 79.9. The van der Waals surface area contributed by atoms with Crippen LogP contribution < -0.4 is 10.5 Å². The molecule has 0 saturated carbocycles. The van der Waals surface area contributed by atoms with Gasteiger partial charge in [0, 0.05) is 21.8 Å². The first-order valence-corrected chi connectivity index (χ1v) is 5.98. The Morgan fingerprint density at radius 3 is 2.61 bits per heavy atom. The molecule has 2 N–H and O–H groups in total. The minimum absolute atomic E-state index is 0.219. The fraction of sp³-hybridized carbons (Fsp3) is 0.0769. The van der Waals surface area contributed by atoms with Gasteiger partial charge in [0.05, 0.1) is 0 Å². The largest absolute Gasteiger partial charge is 0.489 e. The Balaban J connectivity index is 2.11. The van der Waals surface area contributed by atoms with Gasteiger partial charge in [0.1, 0.15) is 12.4 Å². The van der Waals surface area contributed by atoms with E-state index in [2.05, 4.69) is 15.9 Å².